The van der Waals surface area contributed by atoms with Crippen LogP contribution in [0.25, 0.3) is 0 Å². The summed E-state index contributed by atoms with van der Waals surface area (Å²) in [5.41, 5.74) is 1.50. The minimum absolute atomic E-state index is 0.127. The Bertz CT molecular complexity index is 916. The molecule has 156 valence electrons. The number of carbonyl (C=O) groups is 1. The Morgan fingerprint density at radius 3 is 2.10 bits per heavy atom. The number of aryl methyl sites for hydroxylation is 1. The molecule has 1 heterocycles. The number of hydrogen-bond donors (Lipinski definition) is 0. The van der Waals surface area contributed by atoms with Gasteiger partial charge in [-0.1, -0.05) is 30.5 Å². The number of sulfonamides is 1. The molecule has 0 aromatic heterocycles. The quantitative estimate of drug-likeness (QED) is 0.722. The largest absolute Gasteiger partial charge is 0.497 e. The predicted octanol–water partition coefficient (Wildman–Crippen LogP) is 3.60. The van der Waals surface area contributed by atoms with Gasteiger partial charge in [-0.3, -0.25) is 9.10 Å². The molecule has 0 bridgehead atoms. The van der Waals surface area contributed by atoms with E-state index in [1.165, 1.54) is 23.5 Å². The summed E-state index contributed by atoms with van der Waals surface area (Å²) in [5.74, 6) is 0.413. The number of ether oxygens (including phenoxy) is 1. The van der Waals surface area contributed by atoms with E-state index in [4.69, 9.17) is 4.74 Å². The Hall–Kier alpha value is -2.54. The number of anilines is 1. The van der Waals surface area contributed by atoms with Crippen LogP contribution in [0.15, 0.2) is 53.4 Å². The van der Waals surface area contributed by atoms with Crippen molar-refractivity contribution < 1.29 is 17.9 Å². The van der Waals surface area contributed by atoms with E-state index in [0.29, 0.717) is 24.5 Å². The van der Waals surface area contributed by atoms with Gasteiger partial charge in [0.05, 0.1) is 17.7 Å². The highest BCUT2D eigenvalue weighted by Crippen LogP contribution is 2.26. The first-order valence-corrected chi connectivity index (χ1v) is 11.4. The van der Waals surface area contributed by atoms with Gasteiger partial charge in [-0.05, 0) is 56.2 Å². The zero-order valence-electron chi connectivity index (χ0n) is 17.0. The van der Waals surface area contributed by atoms with Crippen molar-refractivity contribution >= 4 is 21.6 Å². The van der Waals surface area contributed by atoms with Crippen LogP contribution in [0, 0.1) is 6.92 Å². The first-order valence-electron chi connectivity index (χ1n) is 9.93. The van der Waals surface area contributed by atoms with Crippen molar-refractivity contribution in [2.45, 2.75) is 37.5 Å². The third kappa shape index (κ3) is 5.09. The molecular weight excluding hydrogens is 388 g/mol. The van der Waals surface area contributed by atoms with Gasteiger partial charge in [0.1, 0.15) is 12.3 Å². The molecule has 2 aromatic carbocycles. The molecule has 0 radical (unpaired) electrons. The van der Waals surface area contributed by atoms with E-state index in [1.54, 1.807) is 29.2 Å². The van der Waals surface area contributed by atoms with Crippen molar-refractivity contribution in [3.05, 3.63) is 54.1 Å². The summed E-state index contributed by atoms with van der Waals surface area (Å²) < 4.78 is 33.2. The van der Waals surface area contributed by atoms with Crippen molar-refractivity contribution in [1.82, 2.24) is 4.90 Å². The predicted molar refractivity (Wildman–Crippen MR) is 114 cm³/mol. The minimum Gasteiger partial charge on any atom is -0.497 e. The van der Waals surface area contributed by atoms with Crippen molar-refractivity contribution in [1.29, 1.82) is 0 Å². The Balaban J connectivity index is 1.93. The SMILES string of the molecule is COc1ccc(S(=O)(=O)N(CC(=O)N2CCCCCC2)c2ccc(C)cc2)cc1. The third-order valence-electron chi connectivity index (χ3n) is 5.21. The molecule has 1 aliphatic heterocycles. The van der Waals surface area contributed by atoms with Gasteiger partial charge in [0.2, 0.25) is 5.91 Å². The van der Waals surface area contributed by atoms with E-state index in [9.17, 15) is 13.2 Å². The van der Waals surface area contributed by atoms with E-state index in [2.05, 4.69) is 0 Å². The highest BCUT2D eigenvalue weighted by Gasteiger charge is 2.29. The summed E-state index contributed by atoms with van der Waals surface area (Å²) in [5, 5.41) is 0. The molecule has 1 saturated heterocycles. The molecule has 0 atom stereocenters. The Kier molecular flexibility index (Phi) is 6.79. The Morgan fingerprint density at radius 1 is 0.966 bits per heavy atom. The number of amides is 1. The van der Waals surface area contributed by atoms with Crippen LogP contribution in [0.4, 0.5) is 5.69 Å². The smallest absolute Gasteiger partial charge is 0.264 e. The Labute approximate surface area is 173 Å². The summed E-state index contributed by atoms with van der Waals surface area (Å²) in [4.78, 5) is 14.9. The van der Waals surface area contributed by atoms with Crippen molar-refractivity contribution in [3.63, 3.8) is 0 Å². The van der Waals surface area contributed by atoms with Gasteiger partial charge < -0.3 is 9.64 Å². The molecule has 1 aliphatic rings. The molecule has 0 aliphatic carbocycles. The molecule has 1 fully saturated rings. The summed E-state index contributed by atoms with van der Waals surface area (Å²) in [6.45, 7) is 3.10. The first kappa shape index (κ1) is 21.2. The number of methoxy groups -OCH3 is 1. The van der Waals surface area contributed by atoms with Gasteiger partial charge in [0.15, 0.2) is 0 Å². The minimum atomic E-state index is -3.90. The summed E-state index contributed by atoms with van der Waals surface area (Å²) in [6.07, 6.45) is 4.13. The van der Waals surface area contributed by atoms with Crippen molar-refractivity contribution in [3.8, 4) is 5.75 Å². The highest BCUT2D eigenvalue weighted by molar-refractivity contribution is 7.92. The lowest BCUT2D eigenvalue weighted by Crippen LogP contribution is -2.43. The number of rotatable bonds is 6. The molecule has 0 saturated carbocycles. The maximum atomic E-state index is 13.4. The summed E-state index contributed by atoms with van der Waals surface area (Å²) in [6, 6.07) is 13.4. The van der Waals surface area contributed by atoms with E-state index < -0.39 is 10.0 Å². The number of carbonyl (C=O) groups excluding carboxylic acids is 1. The Morgan fingerprint density at radius 2 is 1.55 bits per heavy atom. The fourth-order valence-electron chi connectivity index (χ4n) is 3.44. The number of likely N-dealkylation sites (tertiary alicyclic amines) is 1. The molecular formula is C22H28N2O4S. The van der Waals surface area contributed by atoms with Crippen LogP contribution in [0.2, 0.25) is 0 Å². The van der Waals surface area contributed by atoms with Crippen LogP contribution in [0.1, 0.15) is 31.2 Å². The van der Waals surface area contributed by atoms with Crippen LogP contribution >= 0.6 is 0 Å². The van der Waals surface area contributed by atoms with Crippen LogP contribution in [0.5, 0.6) is 5.75 Å². The average Bonchev–Trinajstić information content (AvgIpc) is 3.02. The lowest BCUT2D eigenvalue weighted by molar-refractivity contribution is -0.129. The zero-order valence-corrected chi connectivity index (χ0v) is 17.8. The molecule has 3 rings (SSSR count). The topological polar surface area (TPSA) is 66.9 Å². The third-order valence-corrected chi connectivity index (χ3v) is 7.00. The van der Waals surface area contributed by atoms with Crippen molar-refractivity contribution in [2.24, 2.45) is 0 Å². The number of hydrogen-bond acceptors (Lipinski definition) is 4. The molecule has 0 N–H and O–H groups in total. The van der Waals surface area contributed by atoms with Gasteiger partial charge in [0, 0.05) is 13.1 Å². The fraction of sp³-hybridized carbons (Fsp3) is 0.409. The van der Waals surface area contributed by atoms with E-state index in [1.807, 2.05) is 19.1 Å². The zero-order chi connectivity index (χ0) is 20.9. The van der Waals surface area contributed by atoms with E-state index >= 15 is 0 Å². The van der Waals surface area contributed by atoms with Gasteiger partial charge in [-0.2, -0.15) is 0 Å². The standard InChI is InChI=1S/C22H28N2O4S/c1-18-7-9-19(10-8-18)24(17-22(25)23-15-5-3-4-6-16-23)29(26,27)21-13-11-20(28-2)12-14-21/h7-14H,3-6,15-17H2,1-2H3. The molecule has 29 heavy (non-hydrogen) atoms. The maximum absolute atomic E-state index is 13.4. The summed E-state index contributed by atoms with van der Waals surface area (Å²) in [7, 11) is -2.37. The monoisotopic (exact) mass is 416 g/mol. The lowest BCUT2D eigenvalue weighted by Gasteiger charge is -2.28. The van der Waals surface area contributed by atoms with Gasteiger partial charge in [-0.15, -0.1) is 0 Å². The molecule has 7 heteroatoms. The second kappa shape index (κ2) is 9.31. The molecule has 6 nitrogen and oxygen atoms in total. The van der Waals surface area contributed by atoms with E-state index in [-0.39, 0.29) is 17.3 Å². The van der Waals surface area contributed by atoms with Gasteiger partial charge in [0.25, 0.3) is 10.0 Å². The number of nitrogens with zero attached hydrogens (tertiary/aromatic N) is 2. The van der Waals surface area contributed by atoms with Gasteiger partial charge >= 0.3 is 0 Å². The van der Waals surface area contributed by atoms with Crippen molar-refractivity contribution in [2.75, 3.05) is 31.0 Å². The van der Waals surface area contributed by atoms with Crippen LogP contribution in [0.3, 0.4) is 0 Å². The molecule has 0 unspecified atom stereocenters. The second-order valence-electron chi connectivity index (χ2n) is 7.32. The average molecular weight is 417 g/mol. The van der Waals surface area contributed by atoms with Crippen LogP contribution < -0.4 is 9.04 Å². The molecule has 2 aromatic rings. The number of benzene rings is 2. The highest BCUT2D eigenvalue weighted by atomic mass is 32.2. The fourth-order valence-corrected chi connectivity index (χ4v) is 4.86. The first-order chi connectivity index (χ1) is 13.9. The van der Waals surface area contributed by atoms with Gasteiger partial charge in [-0.25, -0.2) is 8.42 Å². The summed E-state index contributed by atoms with van der Waals surface area (Å²) >= 11 is 0. The molecule has 1 amide bonds. The normalized spacial score (nSPS) is 14.9. The van der Waals surface area contributed by atoms with Crippen LogP contribution in [-0.2, 0) is 14.8 Å². The molecule has 0 spiro atoms. The van der Waals surface area contributed by atoms with Crippen LogP contribution in [-0.4, -0.2) is 46.0 Å². The lowest BCUT2D eigenvalue weighted by atomic mass is 10.2. The van der Waals surface area contributed by atoms with E-state index in [0.717, 1.165) is 31.2 Å². The maximum Gasteiger partial charge on any atom is 0.264 e. The second-order valence-corrected chi connectivity index (χ2v) is 9.18.